The van der Waals surface area contributed by atoms with Crippen LogP contribution in [0.1, 0.15) is 12.0 Å². The van der Waals surface area contributed by atoms with Crippen LogP contribution in [0.25, 0.3) is 0 Å². The van der Waals surface area contributed by atoms with Crippen LogP contribution >= 0.6 is 11.6 Å². The lowest BCUT2D eigenvalue weighted by atomic mass is 10.1. The third-order valence-corrected chi connectivity index (χ3v) is 3.10. The molecule has 0 bridgehead atoms. The smallest absolute Gasteiger partial charge is 0.166 e. The summed E-state index contributed by atoms with van der Waals surface area (Å²) in [4.78, 5) is 0. The van der Waals surface area contributed by atoms with Gasteiger partial charge in [-0.1, -0.05) is 18.2 Å². The number of nitrogens with one attached hydrogen (secondary N) is 1. The highest BCUT2D eigenvalue weighted by atomic mass is 35.5. The Bertz CT molecular complexity index is 330. The van der Waals surface area contributed by atoms with Crippen molar-refractivity contribution < 1.29 is 10.4 Å². The molecular formula is C10H12ClNO2. The molecule has 0 spiro atoms. The van der Waals surface area contributed by atoms with Gasteiger partial charge in [0.1, 0.15) is 0 Å². The normalized spacial score (nSPS) is 27.4. The van der Waals surface area contributed by atoms with E-state index in [1.807, 2.05) is 12.1 Å². The van der Waals surface area contributed by atoms with Gasteiger partial charge in [-0.2, -0.15) is 5.23 Å². The monoisotopic (exact) mass is 213 g/mol. The number of halogens is 1. The number of hydrogen-bond donors (Lipinski definition) is 2. The molecule has 1 unspecified atom stereocenters. The van der Waals surface area contributed by atoms with E-state index in [1.165, 1.54) is 0 Å². The maximum Gasteiger partial charge on any atom is 0.166 e. The predicted molar refractivity (Wildman–Crippen MR) is 53.7 cm³/mol. The molecule has 0 heterocycles. The lowest BCUT2D eigenvalue weighted by molar-refractivity contribution is -0.991. The van der Waals surface area contributed by atoms with Gasteiger partial charge < -0.3 is 5.21 Å². The Balaban J connectivity index is 2.15. The summed E-state index contributed by atoms with van der Waals surface area (Å²) in [6.07, 6.45) is 1.80. The zero-order valence-corrected chi connectivity index (χ0v) is 8.37. The van der Waals surface area contributed by atoms with Crippen molar-refractivity contribution >= 4 is 17.3 Å². The molecule has 3 nitrogen and oxygen atoms in total. The van der Waals surface area contributed by atoms with Crippen LogP contribution in [-0.4, -0.2) is 10.6 Å². The topological polar surface area (TPSA) is 47.7 Å². The molecule has 0 aliphatic heterocycles. The van der Waals surface area contributed by atoms with Crippen molar-refractivity contribution in [3.8, 4) is 0 Å². The molecule has 0 aromatic heterocycles. The number of rotatable bonds is 3. The highest BCUT2D eigenvalue weighted by molar-refractivity contribution is 6.22. The van der Waals surface area contributed by atoms with Crippen molar-refractivity contribution in [2.75, 3.05) is 0 Å². The lowest BCUT2D eigenvalue weighted by Gasteiger charge is -2.15. The number of para-hydroxylation sites is 1. The van der Waals surface area contributed by atoms with Crippen LogP contribution in [-0.2, 0) is 6.42 Å². The van der Waals surface area contributed by atoms with Gasteiger partial charge in [0.2, 0.25) is 0 Å². The predicted octanol–water partition coefficient (Wildman–Crippen LogP) is 1.26. The summed E-state index contributed by atoms with van der Waals surface area (Å²) in [5.41, 5.74) is 1.30. The lowest BCUT2D eigenvalue weighted by Crippen LogP contribution is -2.99. The van der Waals surface area contributed by atoms with Crippen molar-refractivity contribution in [3.63, 3.8) is 0 Å². The van der Waals surface area contributed by atoms with E-state index < -0.39 is 5.23 Å². The van der Waals surface area contributed by atoms with Gasteiger partial charge in [-0.15, -0.1) is 11.6 Å². The van der Waals surface area contributed by atoms with Crippen molar-refractivity contribution in [2.24, 2.45) is 5.92 Å². The average molecular weight is 214 g/mol. The summed E-state index contributed by atoms with van der Waals surface area (Å²) in [6, 6.07) is 7.13. The minimum atomic E-state index is -0.854. The first kappa shape index (κ1) is 9.93. The fourth-order valence-electron chi connectivity index (χ4n) is 1.61. The molecule has 0 saturated heterocycles. The van der Waals surface area contributed by atoms with E-state index in [0.717, 1.165) is 18.4 Å². The second-order valence-corrected chi connectivity index (χ2v) is 4.24. The van der Waals surface area contributed by atoms with Gasteiger partial charge in [0.05, 0.1) is 0 Å². The SMILES string of the molecule is [O-][NH+](O)c1ccccc1C[C@H]1C[C@H]1Cl. The summed E-state index contributed by atoms with van der Waals surface area (Å²) in [7, 11) is 0. The third-order valence-electron chi connectivity index (χ3n) is 2.57. The molecule has 1 aromatic rings. The fraction of sp³-hybridized carbons (Fsp3) is 0.400. The quantitative estimate of drug-likeness (QED) is 0.587. The van der Waals surface area contributed by atoms with E-state index in [9.17, 15) is 5.21 Å². The minimum Gasteiger partial charge on any atom is -0.595 e. The van der Waals surface area contributed by atoms with Gasteiger partial charge in [0.15, 0.2) is 5.69 Å². The molecule has 2 N–H and O–H groups in total. The van der Waals surface area contributed by atoms with E-state index in [4.69, 9.17) is 16.8 Å². The summed E-state index contributed by atoms with van der Waals surface area (Å²) >= 11 is 5.89. The van der Waals surface area contributed by atoms with Crippen LogP contribution in [0, 0.1) is 11.1 Å². The molecule has 1 aliphatic carbocycles. The van der Waals surface area contributed by atoms with Gasteiger partial charge in [-0.25, -0.2) is 5.21 Å². The Morgan fingerprint density at radius 3 is 2.71 bits per heavy atom. The molecule has 1 aromatic carbocycles. The van der Waals surface area contributed by atoms with Gasteiger partial charge in [-0.3, -0.25) is 0 Å². The number of hydrogen-bond acceptors (Lipinski definition) is 2. The first-order chi connectivity index (χ1) is 6.68. The minimum absolute atomic E-state index is 0.247. The molecule has 3 atom stereocenters. The van der Waals surface area contributed by atoms with Crippen LogP contribution < -0.4 is 5.23 Å². The highest BCUT2D eigenvalue weighted by Crippen LogP contribution is 2.39. The fourth-order valence-corrected chi connectivity index (χ4v) is 1.93. The van der Waals surface area contributed by atoms with Crippen molar-refractivity contribution in [3.05, 3.63) is 35.0 Å². The Kier molecular flexibility index (Phi) is 2.74. The van der Waals surface area contributed by atoms with Crippen LogP contribution in [0.3, 0.4) is 0 Å². The third kappa shape index (κ3) is 2.07. The largest absolute Gasteiger partial charge is 0.595 e. The second kappa shape index (κ2) is 3.87. The van der Waals surface area contributed by atoms with E-state index in [0.29, 0.717) is 11.6 Å². The van der Waals surface area contributed by atoms with E-state index in [2.05, 4.69) is 0 Å². The molecule has 0 radical (unpaired) electrons. The van der Waals surface area contributed by atoms with Crippen LogP contribution in [0.5, 0.6) is 0 Å². The summed E-state index contributed by atoms with van der Waals surface area (Å²) in [5, 5.41) is 19.2. The Labute approximate surface area is 87.4 Å². The summed E-state index contributed by atoms with van der Waals surface area (Å²) < 4.78 is 0. The molecule has 1 saturated carbocycles. The van der Waals surface area contributed by atoms with Gasteiger partial charge in [-0.05, 0) is 18.8 Å². The molecule has 2 rings (SSSR count). The van der Waals surface area contributed by atoms with E-state index in [-0.39, 0.29) is 5.38 Å². The van der Waals surface area contributed by atoms with Crippen molar-refractivity contribution in [1.29, 1.82) is 0 Å². The summed E-state index contributed by atoms with van der Waals surface area (Å²) in [5.74, 6) is 0.470. The maximum absolute atomic E-state index is 10.9. The van der Waals surface area contributed by atoms with Crippen molar-refractivity contribution in [1.82, 2.24) is 0 Å². The Morgan fingerprint density at radius 1 is 1.50 bits per heavy atom. The van der Waals surface area contributed by atoms with Crippen LogP contribution in [0.2, 0.25) is 0 Å². The molecule has 1 aliphatic rings. The molecule has 14 heavy (non-hydrogen) atoms. The second-order valence-electron chi connectivity index (χ2n) is 3.68. The van der Waals surface area contributed by atoms with E-state index >= 15 is 0 Å². The zero-order chi connectivity index (χ0) is 10.1. The van der Waals surface area contributed by atoms with Crippen LogP contribution in [0.15, 0.2) is 24.3 Å². The maximum atomic E-state index is 10.9. The Morgan fingerprint density at radius 2 is 2.14 bits per heavy atom. The first-order valence-corrected chi connectivity index (χ1v) is 5.07. The van der Waals surface area contributed by atoms with Gasteiger partial charge >= 0.3 is 0 Å². The number of alkyl halides is 1. The Hall–Kier alpha value is -0.610. The highest BCUT2D eigenvalue weighted by Gasteiger charge is 2.35. The molecule has 76 valence electrons. The van der Waals surface area contributed by atoms with Crippen molar-refractivity contribution in [2.45, 2.75) is 18.2 Å². The van der Waals surface area contributed by atoms with Crippen LogP contribution in [0.4, 0.5) is 5.69 Å². The molecular weight excluding hydrogens is 202 g/mol. The number of quaternary nitrogens is 1. The first-order valence-electron chi connectivity index (χ1n) is 4.63. The van der Waals surface area contributed by atoms with Gasteiger partial charge in [0.25, 0.3) is 0 Å². The number of benzene rings is 1. The van der Waals surface area contributed by atoms with E-state index in [1.54, 1.807) is 12.1 Å². The molecule has 4 heteroatoms. The van der Waals surface area contributed by atoms with Gasteiger partial charge in [0, 0.05) is 17.0 Å². The molecule has 1 fully saturated rings. The summed E-state index contributed by atoms with van der Waals surface area (Å²) in [6.45, 7) is 0. The zero-order valence-electron chi connectivity index (χ0n) is 7.61. The molecule has 0 amide bonds. The average Bonchev–Trinajstić information content (AvgIpc) is 2.82. The standard InChI is InChI=1S/C10H12ClNO2/c11-9-6-8(9)5-7-3-1-2-4-10(7)12(13)14/h1-4,8-9,12-13H,5-6H2/t8-,9+/m0/s1.